The molecular weight excluding hydrogens is 240 g/mol. The number of aromatic amines is 1. The molecule has 1 aromatic rings. The van der Waals surface area contributed by atoms with Crippen molar-refractivity contribution in [3.63, 3.8) is 0 Å². The molecular formula is C10H18N4O2S. The molecule has 0 amide bonds. The van der Waals surface area contributed by atoms with Gasteiger partial charge in [-0.15, -0.1) is 0 Å². The molecule has 0 aromatic carbocycles. The van der Waals surface area contributed by atoms with Crippen molar-refractivity contribution in [3.05, 3.63) is 11.4 Å². The largest absolute Gasteiger partial charge is 0.313 e. The Morgan fingerprint density at radius 3 is 2.59 bits per heavy atom. The first-order valence-corrected chi connectivity index (χ1v) is 7.23. The Kier molecular flexibility index (Phi) is 3.50. The number of hydrogen-bond acceptors (Lipinski definition) is 4. The van der Waals surface area contributed by atoms with E-state index >= 15 is 0 Å². The van der Waals surface area contributed by atoms with E-state index in [2.05, 4.69) is 20.2 Å². The summed E-state index contributed by atoms with van der Waals surface area (Å²) in [4.78, 5) is 0.268. The Morgan fingerprint density at radius 1 is 1.35 bits per heavy atom. The third-order valence-electron chi connectivity index (χ3n) is 2.76. The van der Waals surface area contributed by atoms with Crippen LogP contribution in [0.1, 0.15) is 24.2 Å². The molecule has 0 saturated heterocycles. The van der Waals surface area contributed by atoms with Gasteiger partial charge in [0.2, 0.25) is 10.0 Å². The Bertz CT molecular complexity index is 471. The van der Waals surface area contributed by atoms with E-state index in [4.69, 9.17) is 0 Å². The minimum atomic E-state index is -3.44. The molecule has 3 N–H and O–H groups in total. The zero-order chi connectivity index (χ0) is 12.5. The lowest BCUT2D eigenvalue weighted by Crippen LogP contribution is -2.33. The Balaban J connectivity index is 1.93. The molecule has 0 radical (unpaired) electrons. The summed E-state index contributed by atoms with van der Waals surface area (Å²) < 4.78 is 26.6. The summed E-state index contributed by atoms with van der Waals surface area (Å²) in [6.07, 6.45) is 2.40. The van der Waals surface area contributed by atoms with Gasteiger partial charge in [-0.1, -0.05) is 0 Å². The maximum atomic E-state index is 12.0. The predicted octanol–water partition coefficient (Wildman–Crippen LogP) is 0.0568. The molecule has 96 valence electrons. The molecule has 7 heteroatoms. The van der Waals surface area contributed by atoms with Crippen molar-refractivity contribution in [2.45, 2.75) is 37.6 Å². The van der Waals surface area contributed by atoms with Crippen LogP contribution in [-0.2, 0) is 10.0 Å². The highest BCUT2D eigenvalue weighted by atomic mass is 32.2. The van der Waals surface area contributed by atoms with E-state index in [-0.39, 0.29) is 4.90 Å². The van der Waals surface area contributed by atoms with Gasteiger partial charge in [0.25, 0.3) is 0 Å². The number of nitrogens with zero attached hydrogens (tertiary/aromatic N) is 1. The molecule has 1 fully saturated rings. The highest BCUT2D eigenvalue weighted by Crippen LogP contribution is 2.18. The van der Waals surface area contributed by atoms with Gasteiger partial charge in [0.15, 0.2) is 0 Å². The van der Waals surface area contributed by atoms with Crippen LogP contribution in [0, 0.1) is 13.8 Å². The van der Waals surface area contributed by atoms with Crippen LogP contribution in [0.15, 0.2) is 4.90 Å². The fourth-order valence-corrected chi connectivity index (χ4v) is 3.16. The monoisotopic (exact) mass is 258 g/mol. The van der Waals surface area contributed by atoms with E-state index in [1.54, 1.807) is 13.8 Å². The van der Waals surface area contributed by atoms with Crippen molar-refractivity contribution in [2.75, 3.05) is 13.1 Å². The van der Waals surface area contributed by atoms with Crippen LogP contribution in [0.5, 0.6) is 0 Å². The summed E-state index contributed by atoms with van der Waals surface area (Å²) in [5, 5.41) is 9.82. The standard InChI is InChI=1S/C10H18N4O2S/c1-7-10(8(2)14-13-7)17(15,16)12-6-5-11-9-3-4-9/h9,11-12H,3-6H2,1-2H3,(H,13,14). The first-order valence-electron chi connectivity index (χ1n) is 5.75. The van der Waals surface area contributed by atoms with Crippen LogP contribution in [-0.4, -0.2) is 37.7 Å². The second-order valence-corrected chi connectivity index (χ2v) is 6.09. The van der Waals surface area contributed by atoms with Gasteiger partial charge in [0.1, 0.15) is 4.90 Å². The fraction of sp³-hybridized carbons (Fsp3) is 0.700. The molecule has 1 aromatic heterocycles. The topological polar surface area (TPSA) is 86.9 Å². The Labute approximate surface area is 101 Å². The van der Waals surface area contributed by atoms with Crippen LogP contribution in [0.2, 0.25) is 0 Å². The third kappa shape index (κ3) is 3.05. The van der Waals surface area contributed by atoms with Crippen LogP contribution in [0.25, 0.3) is 0 Å². The lowest BCUT2D eigenvalue weighted by molar-refractivity contribution is 0.574. The van der Waals surface area contributed by atoms with E-state index in [0.29, 0.717) is 30.5 Å². The first-order chi connectivity index (χ1) is 8.00. The molecule has 1 heterocycles. The molecule has 0 unspecified atom stereocenters. The highest BCUT2D eigenvalue weighted by Gasteiger charge is 2.23. The van der Waals surface area contributed by atoms with Crippen molar-refractivity contribution < 1.29 is 8.42 Å². The average Bonchev–Trinajstić information content (AvgIpc) is 3.00. The van der Waals surface area contributed by atoms with Crippen LogP contribution in [0.4, 0.5) is 0 Å². The molecule has 6 nitrogen and oxygen atoms in total. The van der Waals surface area contributed by atoms with E-state index in [0.717, 1.165) is 0 Å². The summed E-state index contributed by atoms with van der Waals surface area (Å²) >= 11 is 0. The van der Waals surface area contributed by atoms with Gasteiger partial charge < -0.3 is 5.32 Å². The number of aryl methyl sites for hydroxylation is 2. The summed E-state index contributed by atoms with van der Waals surface area (Å²) in [7, 11) is -3.44. The minimum absolute atomic E-state index is 0.268. The number of nitrogens with one attached hydrogen (secondary N) is 3. The van der Waals surface area contributed by atoms with Gasteiger partial charge in [-0.05, 0) is 26.7 Å². The normalized spacial score (nSPS) is 16.4. The SMILES string of the molecule is Cc1n[nH]c(C)c1S(=O)(=O)NCCNC1CC1. The molecule has 2 rings (SSSR count). The number of rotatable bonds is 6. The number of aromatic nitrogens is 2. The maximum Gasteiger partial charge on any atom is 0.244 e. The summed E-state index contributed by atoms with van der Waals surface area (Å²) in [5.41, 5.74) is 1.08. The van der Waals surface area contributed by atoms with Gasteiger partial charge in [-0.2, -0.15) is 5.10 Å². The third-order valence-corrected chi connectivity index (χ3v) is 4.48. The van der Waals surface area contributed by atoms with E-state index in [1.807, 2.05) is 0 Å². The number of H-pyrrole nitrogens is 1. The Hall–Kier alpha value is -0.920. The van der Waals surface area contributed by atoms with E-state index in [1.165, 1.54) is 12.8 Å². The summed E-state index contributed by atoms with van der Waals surface area (Å²) in [6.45, 7) is 4.46. The predicted molar refractivity (Wildman–Crippen MR) is 64.3 cm³/mol. The van der Waals surface area contributed by atoms with Crippen LogP contribution in [0.3, 0.4) is 0 Å². The lowest BCUT2D eigenvalue weighted by Gasteiger charge is -2.07. The van der Waals surface area contributed by atoms with Gasteiger partial charge >= 0.3 is 0 Å². The molecule has 17 heavy (non-hydrogen) atoms. The van der Waals surface area contributed by atoms with Crippen molar-refractivity contribution in [3.8, 4) is 0 Å². The summed E-state index contributed by atoms with van der Waals surface area (Å²) in [6, 6.07) is 0.594. The van der Waals surface area contributed by atoms with Gasteiger partial charge in [0, 0.05) is 19.1 Å². The fourth-order valence-electron chi connectivity index (χ4n) is 1.76. The zero-order valence-electron chi connectivity index (χ0n) is 10.1. The number of sulfonamides is 1. The summed E-state index contributed by atoms with van der Waals surface area (Å²) in [5.74, 6) is 0. The smallest absolute Gasteiger partial charge is 0.244 e. The lowest BCUT2D eigenvalue weighted by atomic mass is 10.4. The molecule has 1 aliphatic carbocycles. The quantitative estimate of drug-likeness (QED) is 0.630. The molecule has 0 atom stereocenters. The molecule has 0 bridgehead atoms. The molecule has 1 saturated carbocycles. The van der Waals surface area contributed by atoms with Crippen molar-refractivity contribution in [2.24, 2.45) is 0 Å². The Morgan fingerprint density at radius 2 is 2.06 bits per heavy atom. The molecule has 0 spiro atoms. The maximum absolute atomic E-state index is 12.0. The van der Waals surface area contributed by atoms with E-state index < -0.39 is 10.0 Å². The first kappa shape index (κ1) is 12.5. The van der Waals surface area contributed by atoms with Crippen LogP contribution >= 0.6 is 0 Å². The van der Waals surface area contributed by atoms with Crippen molar-refractivity contribution >= 4 is 10.0 Å². The van der Waals surface area contributed by atoms with Crippen molar-refractivity contribution in [1.29, 1.82) is 0 Å². The van der Waals surface area contributed by atoms with Gasteiger partial charge in [-0.25, -0.2) is 13.1 Å². The van der Waals surface area contributed by atoms with Gasteiger partial charge in [0.05, 0.1) is 11.4 Å². The molecule has 0 aliphatic heterocycles. The second kappa shape index (κ2) is 4.75. The van der Waals surface area contributed by atoms with Crippen molar-refractivity contribution in [1.82, 2.24) is 20.2 Å². The van der Waals surface area contributed by atoms with Crippen LogP contribution < -0.4 is 10.0 Å². The number of hydrogen-bond donors (Lipinski definition) is 3. The molecule has 1 aliphatic rings. The van der Waals surface area contributed by atoms with Gasteiger partial charge in [-0.3, -0.25) is 5.10 Å². The minimum Gasteiger partial charge on any atom is -0.313 e. The van der Waals surface area contributed by atoms with E-state index in [9.17, 15) is 8.42 Å². The second-order valence-electron chi connectivity index (χ2n) is 4.39. The average molecular weight is 258 g/mol. The zero-order valence-corrected chi connectivity index (χ0v) is 10.9. The highest BCUT2D eigenvalue weighted by molar-refractivity contribution is 7.89.